The van der Waals surface area contributed by atoms with Crippen LogP contribution < -0.4 is 16.8 Å². The molecule has 10 nitrogen and oxygen atoms in total. The summed E-state index contributed by atoms with van der Waals surface area (Å²) in [5.41, 5.74) is 10.9. The molecule has 0 radical (unpaired) electrons. The van der Waals surface area contributed by atoms with Gasteiger partial charge in [0.1, 0.15) is 5.78 Å². The Labute approximate surface area is 142 Å². The van der Waals surface area contributed by atoms with Crippen molar-refractivity contribution in [2.45, 2.75) is 37.0 Å². The van der Waals surface area contributed by atoms with Crippen LogP contribution >= 0.6 is 15.2 Å². The molecule has 0 aromatic heterocycles. The van der Waals surface area contributed by atoms with E-state index in [1.54, 1.807) is 4.90 Å². The Balaban J connectivity index is 3.03. The molecule has 0 aromatic rings. The average molecular weight is 388 g/mol. The Morgan fingerprint density at radius 3 is 2.17 bits per heavy atom. The molecule has 0 amide bonds. The van der Waals surface area contributed by atoms with Gasteiger partial charge in [-0.05, 0) is 38.8 Å². The van der Waals surface area contributed by atoms with Gasteiger partial charge in [0.15, 0.2) is 0 Å². The second-order valence-electron chi connectivity index (χ2n) is 6.27. The Morgan fingerprint density at radius 1 is 1.12 bits per heavy atom. The highest BCUT2D eigenvalue weighted by Crippen LogP contribution is 2.49. The summed E-state index contributed by atoms with van der Waals surface area (Å²) >= 11 is 0. The smallest absolute Gasteiger partial charge is 0.330 e. The number of nitrogens with one attached hydrogen (secondary N) is 1. The van der Waals surface area contributed by atoms with E-state index in [2.05, 4.69) is 5.32 Å². The third kappa shape index (κ3) is 6.46. The quantitative estimate of drug-likeness (QED) is 0.224. The standard InChI is InChI=1S/C12H30N4O6P2/c13-5-3-12(4-6-14)10-15-7-8-16(12)11(24(20,21)22)2-1-9-23(17,18)19/h11,15H,1-10,13-14H2,(H2,17,18,19)(H2,20,21,22). The van der Waals surface area contributed by atoms with Gasteiger partial charge in [-0.25, -0.2) is 0 Å². The maximum atomic E-state index is 12.1. The van der Waals surface area contributed by atoms with Crippen LogP contribution in [-0.4, -0.2) is 74.7 Å². The van der Waals surface area contributed by atoms with Gasteiger partial charge in [0.2, 0.25) is 0 Å². The van der Waals surface area contributed by atoms with E-state index in [9.17, 15) is 18.9 Å². The lowest BCUT2D eigenvalue weighted by Crippen LogP contribution is -2.65. The van der Waals surface area contributed by atoms with Crippen molar-refractivity contribution >= 4 is 15.2 Å². The summed E-state index contributed by atoms with van der Waals surface area (Å²) in [6.07, 6.45) is 0.715. The molecule has 1 aliphatic rings. The zero-order valence-corrected chi connectivity index (χ0v) is 15.5. The molecule has 0 bridgehead atoms. The zero-order chi connectivity index (χ0) is 18.4. The van der Waals surface area contributed by atoms with Crippen LogP contribution in [0.2, 0.25) is 0 Å². The summed E-state index contributed by atoms with van der Waals surface area (Å²) < 4.78 is 23.1. The Bertz CT molecular complexity index is 471. The summed E-state index contributed by atoms with van der Waals surface area (Å²) in [4.78, 5) is 39.4. The second-order valence-corrected chi connectivity index (χ2v) is 9.82. The Morgan fingerprint density at radius 2 is 1.71 bits per heavy atom. The number of hydrogen-bond donors (Lipinski definition) is 7. The summed E-state index contributed by atoms with van der Waals surface area (Å²) in [6.45, 7) is 2.23. The number of rotatable bonds is 10. The number of nitrogens with two attached hydrogens (primary N) is 2. The van der Waals surface area contributed by atoms with E-state index >= 15 is 0 Å². The third-order valence-corrected chi connectivity index (χ3v) is 6.68. The second kappa shape index (κ2) is 9.19. The lowest BCUT2D eigenvalue weighted by atomic mass is 9.86. The van der Waals surface area contributed by atoms with E-state index < -0.39 is 32.7 Å². The van der Waals surface area contributed by atoms with E-state index in [-0.39, 0.29) is 12.8 Å². The van der Waals surface area contributed by atoms with Crippen molar-refractivity contribution in [1.29, 1.82) is 0 Å². The molecule has 12 heteroatoms. The van der Waals surface area contributed by atoms with Gasteiger partial charge in [-0.15, -0.1) is 0 Å². The van der Waals surface area contributed by atoms with Gasteiger partial charge in [-0.1, -0.05) is 0 Å². The molecule has 1 heterocycles. The first kappa shape index (κ1) is 22.2. The van der Waals surface area contributed by atoms with E-state index in [0.29, 0.717) is 45.6 Å². The number of hydrogen-bond acceptors (Lipinski definition) is 6. The third-order valence-electron chi connectivity index (χ3n) is 4.47. The average Bonchev–Trinajstić information content (AvgIpc) is 2.43. The largest absolute Gasteiger partial charge is 0.342 e. The van der Waals surface area contributed by atoms with Crippen LogP contribution in [0.4, 0.5) is 0 Å². The van der Waals surface area contributed by atoms with E-state index in [0.717, 1.165) is 0 Å². The molecule has 0 aliphatic carbocycles. The highest BCUT2D eigenvalue weighted by Gasteiger charge is 2.46. The van der Waals surface area contributed by atoms with Crippen molar-refractivity contribution in [3.05, 3.63) is 0 Å². The van der Waals surface area contributed by atoms with Gasteiger partial charge in [0, 0.05) is 31.3 Å². The normalized spacial score (nSPS) is 20.9. The minimum absolute atomic E-state index is 0.00623. The van der Waals surface area contributed by atoms with Crippen molar-refractivity contribution in [2.24, 2.45) is 11.5 Å². The fourth-order valence-corrected chi connectivity index (χ4v) is 5.27. The lowest BCUT2D eigenvalue weighted by molar-refractivity contribution is 0.0241. The highest BCUT2D eigenvalue weighted by atomic mass is 31.2. The molecule has 24 heavy (non-hydrogen) atoms. The molecular weight excluding hydrogens is 358 g/mol. The van der Waals surface area contributed by atoms with E-state index in [1.165, 1.54) is 0 Å². The molecule has 9 N–H and O–H groups in total. The first-order valence-electron chi connectivity index (χ1n) is 8.03. The van der Waals surface area contributed by atoms with Crippen LogP contribution in [0.15, 0.2) is 0 Å². The predicted molar refractivity (Wildman–Crippen MR) is 91.6 cm³/mol. The fraction of sp³-hybridized carbons (Fsp3) is 1.00. The van der Waals surface area contributed by atoms with Gasteiger partial charge in [0.25, 0.3) is 0 Å². The molecule has 0 saturated carbocycles. The molecular formula is C12H30N4O6P2. The first-order valence-corrected chi connectivity index (χ1v) is 11.5. The minimum atomic E-state index is -4.49. The lowest BCUT2D eigenvalue weighted by Gasteiger charge is -2.51. The van der Waals surface area contributed by atoms with Crippen LogP contribution in [0.5, 0.6) is 0 Å². The van der Waals surface area contributed by atoms with Crippen molar-refractivity contribution in [3.8, 4) is 0 Å². The van der Waals surface area contributed by atoms with Gasteiger partial charge in [-0.3, -0.25) is 14.0 Å². The van der Waals surface area contributed by atoms with Crippen LogP contribution in [-0.2, 0) is 9.13 Å². The van der Waals surface area contributed by atoms with Gasteiger partial charge in [-0.2, -0.15) is 0 Å². The van der Waals surface area contributed by atoms with Crippen LogP contribution in [0.3, 0.4) is 0 Å². The van der Waals surface area contributed by atoms with E-state index in [1.807, 2.05) is 0 Å². The summed E-state index contributed by atoms with van der Waals surface area (Å²) in [6, 6.07) is 0. The maximum absolute atomic E-state index is 12.1. The van der Waals surface area contributed by atoms with Gasteiger partial charge >= 0.3 is 15.2 Å². The molecule has 1 unspecified atom stereocenters. The predicted octanol–water partition coefficient (Wildman–Crippen LogP) is -1.21. The first-order chi connectivity index (χ1) is 11.1. The Hall–Kier alpha value is 0.140. The molecule has 0 aromatic carbocycles. The molecule has 1 aliphatic heterocycles. The summed E-state index contributed by atoms with van der Waals surface area (Å²) in [7, 11) is -8.69. The van der Waals surface area contributed by atoms with Crippen LogP contribution in [0.25, 0.3) is 0 Å². The molecule has 1 fully saturated rings. The van der Waals surface area contributed by atoms with Gasteiger partial charge < -0.3 is 36.4 Å². The van der Waals surface area contributed by atoms with Gasteiger partial charge in [0.05, 0.1) is 0 Å². The topological polar surface area (TPSA) is 182 Å². The molecule has 0 spiro atoms. The van der Waals surface area contributed by atoms with Crippen molar-refractivity contribution in [1.82, 2.24) is 10.2 Å². The number of nitrogens with zero attached hydrogens (tertiary/aromatic N) is 1. The zero-order valence-electron chi connectivity index (χ0n) is 13.8. The number of piperazine rings is 1. The Kier molecular flexibility index (Phi) is 8.49. The monoisotopic (exact) mass is 388 g/mol. The summed E-state index contributed by atoms with van der Waals surface area (Å²) in [5, 5.41) is 3.23. The van der Waals surface area contributed by atoms with Crippen molar-refractivity contribution < 1.29 is 28.7 Å². The maximum Gasteiger partial charge on any atom is 0.342 e. The van der Waals surface area contributed by atoms with Crippen LogP contribution in [0.1, 0.15) is 25.7 Å². The van der Waals surface area contributed by atoms with Crippen molar-refractivity contribution in [3.63, 3.8) is 0 Å². The minimum Gasteiger partial charge on any atom is -0.330 e. The molecule has 1 rings (SSSR count). The highest BCUT2D eigenvalue weighted by molar-refractivity contribution is 7.52. The molecule has 144 valence electrons. The summed E-state index contributed by atoms with van der Waals surface area (Å²) in [5.74, 6) is -1.09. The van der Waals surface area contributed by atoms with Crippen LogP contribution in [0, 0.1) is 0 Å². The van der Waals surface area contributed by atoms with E-state index in [4.69, 9.17) is 21.3 Å². The fourth-order valence-electron chi connectivity index (χ4n) is 3.44. The SMILES string of the molecule is NCCC1(CCN)CNCCN1C(CCCP(=O)(O)O)P(=O)(O)O. The van der Waals surface area contributed by atoms with Crippen molar-refractivity contribution in [2.75, 3.05) is 38.9 Å². The molecule has 1 atom stereocenters. The molecule has 1 saturated heterocycles.